The molecule has 2 aromatic rings. The van der Waals surface area contributed by atoms with Gasteiger partial charge in [0.15, 0.2) is 11.5 Å². The summed E-state index contributed by atoms with van der Waals surface area (Å²) in [7, 11) is 4.61. The van der Waals surface area contributed by atoms with Crippen molar-refractivity contribution in [3.63, 3.8) is 0 Å². The lowest BCUT2D eigenvalue weighted by Gasteiger charge is -2.27. The molecule has 6 nitrogen and oxygen atoms in total. The summed E-state index contributed by atoms with van der Waals surface area (Å²) in [4.78, 5) is 15.1. The van der Waals surface area contributed by atoms with E-state index in [1.807, 2.05) is 18.2 Å². The van der Waals surface area contributed by atoms with Crippen molar-refractivity contribution >= 4 is 11.6 Å². The highest BCUT2D eigenvalue weighted by molar-refractivity contribution is 5.95. The molecule has 1 amide bonds. The van der Waals surface area contributed by atoms with Gasteiger partial charge in [0.25, 0.3) is 5.91 Å². The van der Waals surface area contributed by atoms with Crippen LogP contribution in [-0.2, 0) is 0 Å². The van der Waals surface area contributed by atoms with Crippen molar-refractivity contribution in [2.75, 3.05) is 39.3 Å². The summed E-state index contributed by atoms with van der Waals surface area (Å²) in [6.07, 6.45) is 2.18. The highest BCUT2D eigenvalue weighted by atomic mass is 16.5. The van der Waals surface area contributed by atoms with E-state index < -0.39 is 0 Å². The fourth-order valence-electron chi connectivity index (χ4n) is 3.53. The number of benzene rings is 2. The lowest BCUT2D eigenvalue weighted by Crippen LogP contribution is -2.40. The van der Waals surface area contributed by atoms with E-state index in [-0.39, 0.29) is 5.91 Å². The van der Waals surface area contributed by atoms with Gasteiger partial charge < -0.3 is 24.4 Å². The number of methoxy groups -OCH3 is 3. The van der Waals surface area contributed by atoms with Gasteiger partial charge in [0.1, 0.15) is 0 Å². The molecule has 1 unspecified atom stereocenters. The quantitative estimate of drug-likeness (QED) is 0.812. The Morgan fingerprint density at radius 1 is 1.07 bits per heavy atom. The van der Waals surface area contributed by atoms with E-state index in [9.17, 15) is 4.79 Å². The van der Waals surface area contributed by atoms with Gasteiger partial charge in [0.05, 0.1) is 21.3 Å². The molecular weight excluding hydrogens is 344 g/mol. The first-order valence-electron chi connectivity index (χ1n) is 9.07. The standard InChI is InChI=1S/C21H26N2O4/c1-25-18-12-15(13-19(26-2)20(18)27-3)21(24)22-14-17-10-7-11-23(17)16-8-5-4-6-9-16/h4-6,8-9,12-13,17H,7,10-11,14H2,1-3H3,(H,22,24). The topological polar surface area (TPSA) is 60.0 Å². The Morgan fingerprint density at radius 2 is 1.74 bits per heavy atom. The van der Waals surface area contributed by atoms with Crippen molar-refractivity contribution < 1.29 is 19.0 Å². The minimum Gasteiger partial charge on any atom is -0.493 e. The van der Waals surface area contributed by atoms with E-state index in [1.165, 1.54) is 19.9 Å². The summed E-state index contributed by atoms with van der Waals surface area (Å²) in [6.45, 7) is 1.60. The maximum absolute atomic E-state index is 12.7. The first kappa shape index (κ1) is 18.9. The monoisotopic (exact) mass is 370 g/mol. The molecule has 1 aliphatic rings. The van der Waals surface area contributed by atoms with Crippen LogP contribution in [0.1, 0.15) is 23.2 Å². The molecule has 1 fully saturated rings. The Bertz CT molecular complexity index is 754. The van der Waals surface area contributed by atoms with Gasteiger partial charge in [0, 0.05) is 30.4 Å². The molecule has 0 spiro atoms. The van der Waals surface area contributed by atoms with E-state index in [2.05, 4.69) is 22.3 Å². The molecule has 0 radical (unpaired) electrons. The molecule has 0 saturated carbocycles. The molecule has 1 heterocycles. The third-order valence-corrected chi connectivity index (χ3v) is 4.89. The average Bonchev–Trinajstić information content (AvgIpc) is 3.20. The normalized spacial score (nSPS) is 16.1. The lowest BCUT2D eigenvalue weighted by molar-refractivity contribution is 0.0950. The number of nitrogens with one attached hydrogen (secondary N) is 1. The zero-order valence-electron chi connectivity index (χ0n) is 16.0. The molecule has 27 heavy (non-hydrogen) atoms. The predicted molar refractivity (Wildman–Crippen MR) is 105 cm³/mol. The van der Waals surface area contributed by atoms with Crippen molar-refractivity contribution in [2.45, 2.75) is 18.9 Å². The Balaban J connectivity index is 1.70. The number of hydrogen-bond donors (Lipinski definition) is 1. The van der Waals surface area contributed by atoms with Gasteiger partial charge in [-0.1, -0.05) is 18.2 Å². The summed E-state index contributed by atoms with van der Waals surface area (Å²) in [5, 5.41) is 3.05. The van der Waals surface area contributed by atoms with E-state index in [0.717, 1.165) is 19.4 Å². The molecule has 0 bridgehead atoms. The Hall–Kier alpha value is -2.89. The van der Waals surface area contributed by atoms with Crippen molar-refractivity contribution in [1.29, 1.82) is 0 Å². The van der Waals surface area contributed by atoms with Crippen molar-refractivity contribution in [3.05, 3.63) is 48.0 Å². The van der Waals surface area contributed by atoms with Crippen LogP contribution in [0.3, 0.4) is 0 Å². The first-order valence-corrected chi connectivity index (χ1v) is 9.07. The molecule has 0 aromatic heterocycles. The number of para-hydroxylation sites is 1. The summed E-state index contributed by atoms with van der Waals surface area (Å²) in [6, 6.07) is 13.9. The summed E-state index contributed by atoms with van der Waals surface area (Å²) >= 11 is 0. The highest BCUT2D eigenvalue weighted by Gasteiger charge is 2.25. The maximum atomic E-state index is 12.7. The van der Waals surface area contributed by atoms with Crippen LogP contribution in [0.2, 0.25) is 0 Å². The minimum absolute atomic E-state index is 0.158. The lowest BCUT2D eigenvalue weighted by atomic mass is 10.1. The fourth-order valence-corrected chi connectivity index (χ4v) is 3.53. The molecule has 1 saturated heterocycles. The fraction of sp³-hybridized carbons (Fsp3) is 0.381. The first-order chi connectivity index (χ1) is 13.2. The molecule has 3 rings (SSSR count). The van der Waals surface area contributed by atoms with Crippen LogP contribution in [0.5, 0.6) is 17.2 Å². The van der Waals surface area contributed by atoms with Gasteiger partial charge in [-0.15, -0.1) is 0 Å². The molecular formula is C21H26N2O4. The summed E-state index contributed by atoms with van der Waals surface area (Å²) < 4.78 is 16.0. The molecule has 1 N–H and O–H groups in total. The zero-order valence-corrected chi connectivity index (χ0v) is 16.0. The number of nitrogens with zero attached hydrogens (tertiary/aromatic N) is 1. The molecule has 6 heteroatoms. The van der Waals surface area contributed by atoms with Crippen LogP contribution in [-0.4, -0.2) is 46.4 Å². The number of carbonyl (C=O) groups excluding carboxylic acids is 1. The van der Waals surface area contributed by atoms with Crippen LogP contribution >= 0.6 is 0 Å². The van der Waals surface area contributed by atoms with Gasteiger partial charge >= 0.3 is 0 Å². The maximum Gasteiger partial charge on any atom is 0.251 e. The largest absolute Gasteiger partial charge is 0.493 e. The Labute approximate surface area is 160 Å². The predicted octanol–water partition coefficient (Wildman–Crippen LogP) is 3.11. The molecule has 0 aliphatic carbocycles. The van der Waals surface area contributed by atoms with Crippen molar-refractivity contribution in [1.82, 2.24) is 5.32 Å². The smallest absolute Gasteiger partial charge is 0.251 e. The third-order valence-electron chi connectivity index (χ3n) is 4.89. The van der Waals surface area contributed by atoms with E-state index >= 15 is 0 Å². The molecule has 2 aromatic carbocycles. The van der Waals surface area contributed by atoms with Crippen LogP contribution < -0.4 is 24.4 Å². The summed E-state index contributed by atoms with van der Waals surface area (Å²) in [5.41, 5.74) is 1.68. The third kappa shape index (κ3) is 4.10. The van der Waals surface area contributed by atoms with E-state index in [4.69, 9.17) is 14.2 Å². The molecule has 144 valence electrons. The number of anilines is 1. The Kier molecular flexibility index (Phi) is 6.06. The van der Waals surface area contributed by atoms with Gasteiger partial charge in [-0.25, -0.2) is 0 Å². The van der Waals surface area contributed by atoms with E-state index in [1.54, 1.807) is 19.2 Å². The average molecular weight is 370 g/mol. The second-order valence-electron chi connectivity index (χ2n) is 6.45. The highest BCUT2D eigenvalue weighted by Crippen LogP contribution is 2.38. The van der Waals surface area contributed by atoms with Gasteiger partial charge in [-0.2, -0.15) is 0 Å². The summed E-state index contributed by atoms with van der Waals surface area (Å²) in [5.74, 6) is 1.25. The SMILES string of the molecule is COc1cc(C(=O)NCC2CCCN2c2ccccc2)cc(OC)c1OC. The molecule has 1 aliphatic heterocycles. The van der Waals surface area contributed by atoms with Crippen LogP contribution in [0.4, 0.5) is 5.69 Å². The number of carbonyl (C=O) groups is 1. The van der Waals surface area contributed by atoms with Crippen LogP contribution in [0.25, 0.3) is 0 Å². The van der Waals surface area contributed by atoms with Crippen LogP contribution in [0.15, 0.2) is 42.5 Å². The van der Waals surface area contributed by atoms with Crippen LogP contribution in [0, 0.1) is 0 Å². The van der Waals surface area contributed by atoms with Gasteiger partial charge in [-0.3, -0.25) is 4.79 Å². The second-order valence-corrected chi connectivity index (χ2v) is 6.45. The minimum atomic E-state index is -0.158. The van der Waals surface area contributed by atoms with E-state index in [0.29, 0.717) is 35.4 Å². The van der Waals surface area contributed by atoms with Crippen molar-refractivity contribution in [3.8, 4) is 17.2 Å². The second kappa shape index (κ2) is 8.66. The molecule has 1 atom stereocenters. The number of hydrogen-bond acceptors (Lipinski definition) is 5. The number of ether oxygens (including phenoxy) is 3. The van der Waals surface area contributed by atoms with Gasteiger partial charge in [-0.05, 0) is 37.1 Å². The zero-order chi connectivity index (χ0) is 19.2. The van der Waals surface area contributed by atoms with Gasteiger partial charge in [0.2, 0.25) is 5.75 Å². The number of rotatable bonds is 7. The Morgan fingerprint density at radius 3 is 2.33 bits per heavy atom. The number of amides is 1. The van der Waals surface area contributed by atoms with Crippen molar-refractivity contribution in [2.24, 2.45) is 0 Å².